The maximum absolute atomic E-state index is 6.17. The van der Waals surface area contributed by atoms with Gasteiger partial charge >= 0.3 is 0 Å². The van der Waals surface area contributed by atoms with Gasteiger partial charge in [0.2, 0.25) is 0 Å². The van der Waals surface area contributed by atoms with Gasteiger partial charge in [0.1, 0.15) is 0 Å². The standard InChI is InChI=1S/C30H22O2/c1-3-11-23-19(7-1)15-31-17-21-9-6-14-26-27(21)29(23)25-13-5-10-22-18-32-16-20-8-2-4-12-24(20)30(26)28(22)25/h1-14H,15-18H2. The molecule has 0 radical (unpaired) electrons. The highest BCUT2D eigenvalue weighted by Crippen LogP contribution is 2.48. The minimum Gasteiger partial charge on any atom is -0.372 e. The summed E-state index contributed by atoms with van der Waals surface area (Å²) in [6, 6.07) is 30.8. The molecule has 7 rings (SSSR count). The summed E-state index contributed by atoms with van der Waals surface area (Å²) in [5.74, 6) is 0. The first kappa shape index (κ1) is 18.1. The van der Waals surface area contributed by atoms with Crippen LogP contribution in [0.15, 0.2) is 84.9 Å². The van der Waals surface area contributed by atoms with E-state index in [2.05, 4.69) is 84.9 Å². The van der Waals surface area contributed by atoms with E-state index in [1.54, 1.807) is 0 Å². The van der Waals surface area contributed by atoms with Crippen molar-refractivity contribution in [1.29, 1.82) is 0 Å². The van der Waals surface area contributed by atoms with Crippen molar-refractivity contribution in [2.75, 3.05) is 0 Å². The van der Waals surface area contributed by atoms with Gasteiger partial charge in [0.05, 0.1) is 26.4 Å². The average molecular weight is 415 g/mol. The second-order valence-electron chi connectivity index (χ2n) is 8.73. The van der Waals surface area contributed by atoms with Crippen LogP contribution in [0, 0.1) is 0 Å². The summed E-state index contributed by atoms with van der Waals surface area (Å²) < 4.78 is 12.3. The summed E-state index contributed by atoms with van der Waals surface area (Å²) in [5.41, 5.74) is 10.2. The van der Waals surface area contributed by atoms with Crippen molar-refractivity contribution in [2.45, 2.75) is 26.4 Å². The molecule has 0 fully saturated rings. The Labute approximate surface area is 187 Å². The van der Waals surface area contributed by atoms with Crippen LogP contribution in [-0.4, -0.2) is 0 Å². The zero-order valence-electron chi connectivity index (χ0n) is 17.7. The van der Waals surface area contributed by atoms with Crippen LogP contribution in [0.25, 0.3) is 43.8 Å². The number of fused-ring (bicyclic) bond motifs is 6. The first-order valence-corrected chi connectivity index (χ1v) is 11.2. The summed E-state index contributed by atoms with van der Waals surface area (Å²) in [7, 11) is 0. The molecule has 0 aromatic heterocycles. The molecule has 0 saturated carbocycles. The second-order valence-corrected chi connectivity index (χ2v) is 8.73. The molecule has 0 spiro atoms. The normalized spacial score (nSPS) is 14.8. The minimum atomic E-state index is 0.619. The molecule has 5 aromatic rings. The Morgan fingerprint density at radius 1 is 0.406 bits per heavy atom. The third kappa shape index (κ3) is 2.54. The number of benzene rings is 5. The minimum absolute atomic E-state index is 0.619. The molecule has 0 aliphatic carbocycles. The molecule has 0 atom stereocenters. The van der Waals surface area contributed by atoms with Gasteiger partial charge in [-0.2, -0.15) is 0 Å². The van der Waals surface area contributed by atoms with Crippen LogP contribution in [-0.2, 0) is 35.9 Å². The zero-order valence-corrected chi connectivity index (χ0v) is 17.7. The molecular formula is C30H22O2. The van der Waals surface area contributed by atoms with Crippen molar-refractivity contribution in [3.8, 4) is 22.3 Å². The monoisotopic (exact) mass is 414 g/mol. The topological polar surface area (TPSA) is 18.5 Å². The first-order valence-electron chi connectivity index (χ1n) is 11.2. The van der Waals surface area contributed by atoms with Crippen molar-refractivity contribution >= 4 is 21.5 Å². The van der Waals surface area contributed by atoms with E-state index in [1.165, 1.54) is 66.1 Å². The Morgan fingerprint density at radius 2 is 0.812 bits per heavy atom. The predicted octanol–water partition coefficient (Wildman–Crippen LogP) is 7.39. The van der Waals surface area contributed by atoms with Crippen LogP contribution in [0.4, 0.5) is 0 Å². The number of rotatable bonds is 0. The van der Waals surface area contributed by atoms with Gasteiger partial charge in [-0.05, 0) is 66.1 Å². The molecular weight excluding hydrogens is 392 g/mol. The van der Waals surface area contributed by atoms with E-state index in [4.69, 9.17) is 9.47 Å². The van der Waals surface area contributed by atoms with E-state index in [1.807, 2.05) is 0 Å². The van der Waals surface area contributed by atoms with E-state index < -0.39 is 0 Å². The van der Waals surface area contributed by atoms with Crippen molar-refractivity contribution < 1.29 is 9.47 Å². The van der Waals surface area contributed by atoms with Crippen molar-refractivity contribution in [2.24, 2.45) is 0 Å². The highest BCUT2D eigenvalue weighted by Gasteiger charge is 2.25. The third-order valence-corrected chi connectivity index (χ3v) is 6.94. The second kappa shape index (κ2) is 7.03. The molecule has 0 amide bonds. The zero-order chi connectivity index (χ0) is 21.1. The van der Waals surface area contributed by atoms with Crippen LogP contribution >= 0.6 is 0 Å². The summed E-state index contributed by atoms with van der Waals surface area (Å²) in [6.45, 7) is 2.49. The summed E-state index contributed by atoms with van der Waals surface area (Å²) in [4.78, 5) is 0. The summed E-state index contributed by atoms with van der Waals surface area (Å²) >= 11 is 0. The average Bonchev–Trinajstić information content (AvgIpc) is 2.81. The van der Waals surface area contributed by atoms with E-state index in [-0.39, 0.29) is 0 Å². The van der Waals surface area contributed by atoms with Crippen molar-refractivity contribution in [3.63, 3.8) is 0 Å². The largest absolute Gasteiger partial charge is 0.372 e. The number of hydrogen-bond donors (Lipinski definition) is 0. The Bertz CT molecular complexity index is 1410. The predicted molar refractivity (Wildman–Crippen MR) is 129 cm³/mol. The third-order valence-electron chi connectivity index (χ3n) is 6.94. The fourth-order valence-electron chi connectivity index (χ4n) is 5.60. The highest BCUT2D eigenvalue weighted by molar-refractivity contribution is 6.23. The van der Waals surface area contributed by atoms with Crippen LogP contribution in [0.1, 0.15) is 22.3 Å². The summed E-state index contributed by atoms with van der Waals surface area (Å²) in [5, 5.41) is 5.23. The Kier molecular flexibility index (Phi) is 3.98. The SMILES string of the molecule is c1ccc2c(c1)COCc1cccc3c4c5c(cccc5c-2c13)COCc1ccccc1-4. The van der Waals surface area contributed by atoms with Crippen LogP contribution < -0.4 is 0 Å². The molecule has 2 heterocycles. The first-order chi connectivity index (χ1) is 15.9. The fraction of sp³-hybridized carbons (Fsp3) is 0.133. The molecule has 2 heteroatoms. The Morgan fingerprint density at radius 3 is 1.31 bits per heavy atom. The molecule has 0 saturated heterocycles. The van der Waals surface area contributed by atoms with Gasteiger partial charge < -0.3 is 9.47 Å². The highest BCUT2D eigenvalue weighted by atomic mass is 16.5. The Balaban J connectivity index is 1.78. The van der Waals surface area contributed by atoms with Crippen molar-refractivity contribution in [3.05, 3.63) is 107 Å². The lowest BCUT2D eigenvalue weighted by Gasteiger charge is -2.26. The van der Waals surface area contributed by atoms with Gasteiger partial charge in [0.15, 0.2) is 0 Å². The molecule has 0 bridgehead atoms. The lowest BCUT2D eigenvalue weighted by atomic mass is 9.80. The molecule has 32 heavy (non-hydrogen) atoms. The molecule has 2 aliphatic heterocycles. The maximum Gasteiger partial charge on any atom is 0.0727 e. The van der Waals surface area contributed by atoms with Gasteiger partial charge in [-0.15, -0.1) is 0 Å². The maximum atomic E-state index is 6.17. The van der Waals surface area contributed by atoms with Gasteiger partial charge in [-0.1, -0.05) is 84.9 Å². The van der Waals surface area contributed by atoms with Gasteiger partial charge in [-0.3, -0.25) is 0 Å². The van der Waals surface area contributed by atoms with Crippen LogP contribution in [0.2, 0.25) is 0 Å². The van der Waals surface area contributed by atoms with Crippen LogP contribution in [0.3, 0.4) is 0 Å². The lowest BCUT2D eigenvalue weighted by molar-refractivity contribution is 0.107. The number of ether oxygens (including phenoxy) is 2. The Hall–Kier alpha value is -3.46. The van der Waals surface area contributed by atoms with Gasteiger partial charge in [0.25, 0.3) is 0 Å². The van der Waals surface area contributed by atoms with E-state index in [0.29, 0.717) is 26.4 Å². The molecule has 154 valence electrons. The molecule has 0 unspecified atom stereocenters. The quantitative estimate of drug-likeness (QED) is 0.246. The van der Waals surface area contributed by atoms with E-state index in [0.717, 1.165) is 0 Å². The molecule has 2 aliphatic rings. The molecule has 5 aromatic carbocycles. The van der Waals surface area contributed by atoms with E-state index in [9.17, 15) is 0 Å². The molecule has 2 nitrogen and oxygen atoms in total. The van der Waals surface area contributed by atoms with Gasteiger partial charge in [0, 0.05) is 0 Å². The fourth-order valence-corrected chi connectivity index (χ4v) is 5.60. The smallest absolute Gasteiger partial charge is 0.0727 e. The van der Waals surface area contributed by atoms with Crippen molar-refractivity contribution in [1.82, 2.24) is 0 Å². The summed E-state index contributed by atoms with van der Waals surface area (Å²) in [6.07, 6.45) is 0. The molecule has 0 N–H and O–H groups in total. The number of hydrogen-bond acceptors (Lipinski definition) is 2. The lowest BCUT2D eigenvalue weighted by Crippen LogP contribution is -2.06. The van der Waals surface area contributed by atoms with Crippen LogP contribution in [0.5, 0.6) is 0 Å². The van der Waals surface area contributed by atoms with Gasteiger partial charge in [-0.25, -0.2) is 0 Å². The van der Waals surface area contributed by atoms with E-state index >= 15 is 0 Å².